The number of esters is 1. The van der Waals surface area contributed by atoms with Gasteiger partial charge >= 0.3 is 12.1 Å². The first-order chi connectivity index (χ1) is 14.1. The lowest BCUT2D eigenvalue weighted by Gasteiger charge is -2.63. The quantitative estimate of drug-likeness (QED) is 0.495. The van der Waals surface area contributed by atoms with Crippen LogP contribution in [0.25, 0.3) is 0 Å². The number of alkyl halides is 3. The molecular formula is C20H24F3N3O4. The Balaban J connectivity index is 1.55. The molecule has 30 heavy (non-hydrogen) atoms. The highest BCUT2D eigenvalue weighted by Crippen LogP contribution is 2.60. The summed E-state index contributed by atoms with van der Waals surface area (Å²) in [6, 6.07) is 1.58. The molecule has 4 aliphatic carbocycles. The minimum Gasteiger partial charge on any atom is -0.452 e. The number of carbonyl (C=O) groups excluding carboxylic acids is 3. The fraction of sp³-hybridized carbons (Fsp3) is 0.800. The first-order valence-electron chi connectivity index (χ1n) is 10.3. The monoisotopic (exact) mass is 427 g/mol. The van der Waals surface area contributed by atoms with Crippen LogP contribution in [0, 0.1) is 23.2 Å². The van der Waals surface area contributed by atoms with Gasteiger partial charge in [0.15, 0.2) is 0 Å². The number of hydrogen-bond donors (Lipinski definition) is 0. The Bertz CT molecular complexity index is 779. The highest BCUT2D eigenvalue weighted by atomic mass is 19.4. The van der Waals surface area contributed by atoms with E-state index >= 15 is 0 Å². The van der Waals surface area contributed by atoms with E-state index in [0.717, 1.165) is 12.8 Å². The van der Waals surface area contributed by atoms with E-state index in [0.29, 0.717) is 45.1 Å². The second kappa shape index (κ2) is 7.13. The molecule has 7 nitrogen and oxygen atoms in total. The van der Waals surface area contributed by atoms with Gasteiger partial charge in [-0.05, 0) is 56.8 Å². The maximum Gasteiger partial charge on any atom is 0.490 e. The third kappa shape index (κ3) is 3.52. The van der Waals surface area contributed by atoms with Crippen LogP contribution in [0.3, 0.4) is 0 Å². The van der Waals surface area contributed by atoms with Crippen molar-refractivity contribution in [2.45, 2.75) is 74.7 Å². The van der Waals surface area contributed by atoms with Crippen molar-refractivity contribution in [2.24, 2.45) is 11.8 Å². The second-order valence-corrected chi connectivity index (χ2v) is 9.36. The van der Waals surface area contributed by atoms with Gasteiger partial charge in [-0.25, -0.2) is 4.79 Å². The second-order valence-electron chi connectivity index (χ2n) is 9.36. The van der Waals surface area contributed by atoms with Crippen LogP contribution < -0.4 is 0 Å². The average Bonchev–Trinajstić information content (AvgIpc) is 3.12. The molecule has 0 aromatic carbocycles. The molecule has 3 atom stereocenters. The molecule has 10 heteroatoms. The number of halogens is 3. The van der Waals surface area contributed by atoms with Crippen LogP contribution in [0.5, 0.6) is 0 Å². The molecule has 1 aliphatic heterocycles. The zero-order chi connectivity index (χ0) is 21.7. The summed E-state index contributed by atoms with van der Waals surface area (Å²) in [7, 11) is 0. The molecule has 4 saturated carbocycles. The van der Waals surface area contributed by atoms with Gasteiger partial charge in [-0.1, -0.05) is 0 Å². The Kier molecular flexibility index (Phi) is 4.98. The largest absolute Gasteiger partial charge is 0.490 e. The van der Waals surface area contributed by atoms with Crippen LogP contribution in [0.15, 0.2) is 0 Å². The van der Waals surface area contributed by atoms with Crippen molar-refractivity contribution < 1.29 is 32.3 Å². The molecule has 2 amide bonds. The van der Waals surface area contributed by atoms with E-state index in [1.807, 2.05) is 0 Å². The number of nitriles is 1. The highest BCUT2D eigenvalue weighted by molar-refractivity contribution is 5.81. The van der Waals surface area contributed by atoms with Crippen molar-refractivity contribution in [3.8, 4) is 6.07 Å². The van der Waals surface area contributed by atoms with E-state index in [1.54, 1.807) is 0 Å². The Morgan fingerprint density at radius 1 is 1.23 bits per heavy atom. The van der Waals surface area contributed by atoms with Crippen LogP contribution in [-0.4, -0.2) is 64.5 Å². The summed E-state index contributed by atoms with van der Waals surface area (Å²) < 4.78 is 43.6. The van der Waals surface area contributed by atoms with Crippen LogP contribution >= 0.6 is 0 Å². The lowest BCUT2D eigenvalue weighted by molar-refractivity contribution is -0.239. The predicted molar refractivity (Wildman–Crippen MR) is 95.4 cm³/mol. The molecule has 1 heterocycles. The Morgan fingerprint density at radius 3 is 2.47 bits per heavy atom. The predicted octanol–water partition coefficient (Wildman–Crippen LogP) is 2.16. The summed E-state index contributed by atoms with van der Waals surface area (Å²) in [5.74, 6) is -2.43. The maximum atomic E-state index is 12.9. The van der Waals surface area contributed by atoms with E-state index in [2.05, 4.69) is 6.07 Å². The summed E-state index contributed by atoms with van der Waals surface area (Å²) >= 11 is 0. The van der Waals surface area contributed by atoms with Gasteiger partial charge in [0.2, 0.25) is 12.3 Å². The Morgan fingerprint density at radius 2 is 1.90 bits per heavy atom. The summed E-state index contributed by atoms with van der Waals surface area (Å²) in [5, 5.41) is 9.22. The average molecular weight is 427 g/mol. The van der Waals surface area contributed by atoms with E-state index in [4.69, 9.17) is 4.74 Å². The molecule has 5 rings (SSSR count). The number of amides is 2. The van der Waals surface area contributed by atoms with Crippen molar-refractivity contribution in [1.29, 1.82) is 5.26 Å². The number of hydrogen-bond acceptors (Lipinski definition) is 5. The van der Waals surface area contributed by atoms with E-state index < -0.39 is 29.3 Å². The number of ether oxygens (including phenoxy) is 1. The van der Waals surface area contributed by atoms with Crippen LogP contribution in [0.4, 0.5) is 13.2 Å². The fourth-order valence-corrected chi connectivity index (χ4v) is 6.59. The zero-order valence-electron chi connectivity index (χ0n) is 16.5. The molecule has 5 aliphatic rings. The van der Waals surface area contributed by atoms with Crippen molar-refractivity contribution in [3.63, 3.8) is 0 Å². The Hall–Kier alpha value is -2.31. The van der Waals surface area contributed by atoms with Gasteiger partial charge in [-0.2, -0.15) is 18.4 Å². The normalized spacial score (nSPS) is 37.0. The zero-order valence-corrected chi connectivity index (χ0v) is 16.5. The van der Waals surface area contributed by atoms with E-state index in [-0.39, 0.29) is 30.7 Å². The standard InChI is InChI=1S/C20H24F3N3O4/c21-20(22,23)17(29)30-19-7-13-4-14(8-19)6-18(5-13,11-19)25(12-27)10-16(28)26-3-1-2-15(26)9-24/h12-15H,1-8,10-11H2/t13?,14?,15-,18?,19?/m0/s1. The first kappa shape index (κ1) is 20.9. The van der Waals surface area contributed by atoms with E-state index in [1.165, 1.54) is 9.80 Å². The van der Waals surface area contributed by atoms with Gasteiger partial charge < -0.3 is 14.5 Å². The number of carbonyl (C=O) groups is 3. The lowest BCUT2D eigenvalue weighted by atomic mass is 9.50. The number of nitrogens with zero attached hydrogens (tertiary/aromatic N) is 3. The summed E-state index contributed by atoms with van der Waals surface area (Å²) in [5.41, 5.74) is -2.04. The van der Waals surface area contributed by atoms with Crippen molar-refractivity contribution in [3.05, 3.63) is 0 Å². The molecule has 4 bridgehead atoms. The van der Waals surface area contributed by atoms with Gasteiger partial charge in [-0.15, -0.1) is 0 Å². The van der Waals surface area contributed by atoms with Gasteiger partial charge in [0, 0.05) is 18.5 Å². The molecular weight excluding hydrogens is 403 g/mol. The molecule has 164 valence electrons. The minimum atomic E-state index is -5.07. The van der Waals surface area contributed by atoms with Crippen LogP contribution in [0.1, 0.15) is 51.4 Å². The number of likely N-dealkylation sites (tertiary alicyclic amines) is 1. The number of rotatable bonds is 5. The summed E-state index contributed by atoms with van der Waals surface area (Å²) in [4.78, 5) is 39.3. The van der Waals surface area contributed by atoms with Gasteiger partial charge in [0.25, 0.3) is 0 Å². The van der Waals surface area contributed by atoms with Gasteiger partial charge in [-0.3, -0.25) is 9.59 Å². The molecule has 2 unspecified atom stereocenters. The molecule has 0 spiro atoms. The summed E-state index contributed by atoms with van der Waals surface area (Å²) in [6.07, 6.45) is -0.344. The third-order valence-electron chi connectivity index (χ3n) is 7.28. The molecule has 1 saturated heterocycles. The van der Waals surface area contributed by atoms with Crippen molar-refractivity contribution in [2.75, 3.05) is 13.1 Å². The summed E-state index contributed by atoms with van der Waals surface area (Å²) in [6.45, 7) is 0.236. The molecule has 0 aromatic rings. The smallest absolute Gasteiger partial charge is 0.452 e. The highest BCUT2D eigenvalue weighted by Gasteiger charge is 2.63. The van der Waals surface area contributed by atoms with Crippen molar-refractivity contribution >= 4 is 18.3 Å². The molecule has 0 N–H and O–H groups in total. The van der Waals surface area contributed by atoms with Gasteiger partial charge in [0.05, 0.1) is 6.07 Å². The maximum absolute atomic E-state index is 12.9. The molecule has 5 fully saturated rings. The fourth-order valence-electron chi connectivity index (χ4n) is 6.59. The van der Waals surface area contributed by atoms with Crippen LogP contribution in [0.2, 0.25) is 0 Å². The van der Waals surface area contributed by atoms with Gasteiger partial charge in [0.1, 0.15) is 18.2 Å². The van der Waals surface area contributed by atoms with E-state index in [9.17, 15) is 32.8 Å². The minimum absolute atomic E-state index is 0.0449. The topological polar surface area (TPSA) is 90.7 Å². The molecule has 0 radical (unpaired) electrons. The first-order valence-corrected chi connectivity index (χ1v) is 10.3. The lowest BCUT2D eigenvalue weighted by Crippen LogP contribution is -2.67. The molecule has 0 aromatic heterocycles. The third-order valence-corrected chi connectivity index (χ3v) is 7.28. The van der Waals surface area contributed by atoms with Crippen molar-refractivity contribution in [1.82, 2.24) is 9.80 Å². The Labute approximate surface area is 172 Å². The van der Waals surface area contributed by atoms with Crippen LogP contribution in [-0.2, 0) is 19.1 Å². The SMILES string of the molecule is N#C[C@@H]1CCCN1C(=O)CN(C=O)C12CC3CC(CC(OC(=O)C(F)(F)F)(C3)C1)C2.